The van der Waals surface area contributed by atoms with E-state index in [2.05, 4.69) is 44.7 Å². The summed E-state index contributed by atoms with van der Waals surface area (Å²) in [5.74, 6) is 0.217. The number of tetrazole rings is 1. The van der Waals surface area contributed by atoms with Crippen LogP contribution in [-0.4, -0.2) is 46.4 Å². The minimum absolute atomic E-state index is 0.00308. The lowest BCUT2D eigenvalue weighted by Gasteiger charge is -2.08. The molecule has 30 heavy (non-hydrogen) atoms. The van der Waals surface area contributed by atoms with Crippen LogP contribution in [0.4, 0.5) is 5.82 Å². The Morgan fingerprint density at radius 1 is 1.20 bits per heavy atom. The van der Waals surface area contributed by atoms with Gasteiger partial charge in [-0.1, -0.05) is 0 Å². The molecule has 4 aromatic heterocycles. The summed E-state index contributed by atoms with van der Waals surface area (Å²) in [5, 5.41) is 14.5. The maximum Gasteiger partial charge on any atom is 0.233 e. The predicted octanol–water partition coefficient (Wildman–Crippen LogP) is 1.95. The molecule has 0 aromatic carbocycles. The van der Waals surface area contributed by atoms with Crippen LogP contribution in [0.1, 0.15) is 41.6 Å². The van der Waals surface area contributed by atoms with Crippen molar-refractivity contribution < 1.29 is 9.59 Å². The zero-order valence-electron chi connectivity index (χ0n) is 16.8. The van der Waals surface area contributed by atoms with Crippen LogP contribution in [0.3, 0.4) is 0 Å². The van der Waals surface area contributed by atoms with Crippen LogP contribution in [0.25, 0.3) is 10.9 Å². The van der Waals surface area contributed by atoms with Crippen LogP contribution in [0.2, 0.25) is 0 Å². The highest BCUT2D eigenvalue weighted by Crippen LogP contribution is 2.26. The maximum absolute atomic E-state index is 13.2. The third kappa shape index (κ3) is 3.66. The SMILES string of the molecule is CC(C)n1cc(C(=O)c2ccnc(NC(=O)Cc3nnnn3C)c2)c2cnccc21. The zero-order valence-corrected chi connectivity index (χ0v) is 16.8. The number of hydrogen-bond donors (Lipinski definition) is 1. The monoisotopic (exact) mass is 404 g/mol. The lowest BCUT2D eigenvalue weighted by Crippen LogP contribution is -2.18. The van der Waals surface area contributed by atoms with Crippen molar-refractivity contribution in [3.63, 3.8) is 0 Å². The van der Waals surface area contributed by atoms with Crippen molar-refractivity contribution in [3.05, 3.63) is 59.9 Å². The summed E-state index contributed by atoms with van der Waals surface area (Å²) in [7, 11) is 1.66. The van der Waals surface area contributed by atoms with Gasteiger partial charge in [0.05, 0.1) is 11.9 Å². The van der Waals surface area contributed by atoms with E-state index >= 15 is 0 Å². The summed E-state index contributed by atoms with van der Waals surface area (Å²) in [5.41, 5.74) is 1.93. The number of pyridine rings is 2. The van der Waals surface area contributed by atoms with Crippen molar-refractivity contribution in [1.29, 1.82) is 0 Å². The number of nitrogens with zero attached hydrogens (tertiary/aromatic N) is 7. The van der Waals surface area contributed by atoms with Gasteiger partial charge in [-0.25, -0.2) is 9.67 Å². The predicted molar refractivity (Wildman–Crippen MR) is 109 cm³/mol. The summed E-state index contributed by atoms with van der Waals surface area (Å²) < 4.78 is 3.47. The Morgan fingerprint density at radius 3 is 2.77 bits per heavy atom. The number of anilines is 1. The molecule has 0 fully saturated rings. The van der Waals surface area contributed by atoms with Gasteiger partial charge in [0.15, 0.2) is 11.6 Å². The molecular formula is C20H20N8O2. The van der Waals surface area contributed by atoms with Gasteiger partial charge < -0.3 is 9.88 Å². The molecule has 0 radical (unpaired) electrons. The van der Waals surface area contributed by atoms with Crippen LogP contribution >= 0.6 is 0 Å². The van der Waals surface area contributed by atoms with E-state index < -0.39 is 0 Å². The normalized spacial score (nSPS) is 11.2. The van der Waals surface area contributed by atoms with Gasteiger partial charge in [-0.05, 0) is 42.5 Å². The number of amides is 1. The van der Waals surface area contributed by atoms with Gasteiger partial charge in [-0.3, -0.25) is 14.6 Å². The van der Waals surface area contributed by atoms with Crippen LogP contribution < -0.4 is 5.32 Å². The van der Waals surface area contributed by atoms with E-state index in [0.717, 1.165) is 10.9 Å². The van der Waals surface area contributed by atoms with Gasteiger partial charge in [0.25, 0.3) is 0 Å². The molecule has 4 rings (SSSR count). The molecule has 0 aliphatic heterocycles. The van der Waals surface area contributed by atoms with E-state index in [4.69, 9.17) is 0 Å². The second kappa shape index (κ2) is 7.82. The van der Waals surface area contributed by atoms with Crippen molar-refractivity contribution >= 4 is 28.4 Å². The molecule has 4 aromatic rings. The lowest BCUT2D eigenvalue weighted by atomic mass is 10.0. The van der Waals surface area contributed by atoms with E-state index in [1.807, 2.05) is 16.8 Å². The highest BCUT2D eigenvalue weighted by molar-refractivity contribution is 6.16. The molecule has 10 heteroatoms. The van der Waals surface area contributed by atoms with Crippen molar-refractivity contribution in [2.24, 2.45) is 7.05 Å². The smallest absolute Gasteiger partial charge is 0.233 e. The summed E-state index contributed by atoms with van der Waals surface area (Å²) >= 11 is 0. The Kier molecular flexibility index (Phi) is 5.05. The number of aryl methyl sites for hydroxylation is 1. The number of carbonyl (C=O) groups excluding carboxylic acids is 2. The van der Waals surface area contributed by atoms with Crippen LogP contribution in [-0.2, 0) is 18.3 Å². The highest BCUT2D eigenvalue weighted by atomic mass is 16.1. The summed E-state index contributed by atoms with van der Waals surface area (Å²) in [6, 6.07) is 5.27. The zero-order chi connectivity index (χ0) is 21.3. The first-order valence-corrected chi connectivity index (χ1v) is 9.40. The molecule has 0 spiro atoms. The van der Waals surface area contributed by atoms with Crippen molar-refractivity contribution in [2.75, 3.05) is 5.32 Å². The van der Waals surface area contributed by atoms with Crippen molar-refractivity contribution in [2.45, 2.75) is 26.3 Å². The molecule has 1 N–H and O–H groups in total. The Morgan fingerprint density at radius 2 is 2.03 bits per heavy atom. The Labute approximate surface area is 171 Å². The number of hydrogen-bond acceptors (Lipinski definition) is 7. The van der Waals surface area contributed by atoms with E-state index in [1.54, 1.807) is 31.6 Å². The number of fused-ring (bicyclic) bond motifs is 1. The highest BCUT2D eigenvalue weighted by Gasteiger charge is 2.19. The van der Waals surface area contributed by atoms with Gasteiger partial charge in [0.1, 0.15) is 5.82 Å². The molecule has 0 aliphatic carbocycles. The molecule has 0 atom stereocenters. The molecule has 10 nitrogen and oxygen atoms in total. The first-order chi connectivity index (χ1) is 14.4. The third-order valence-corrected chi connectivity index (χ3v) is 4.75. The molecule has 4 heterocycles. The maximum atomic E-state index is 13.2. The number of ketones is 1. The Bertz CT molecular complexity index is 1240. The minimum Gasteiger partial charge on any atom is -0.344 e. The van der Waals surface area contributed by atoms with E-state index in [9.17, 15) is 9.59 Å². The molecule has 152 valence electrons. The first kappa shape index (κ1) is 19.4. The number of nitrogens with one attached hydrogen (secondary N) is 1. The average Bonchev–Trinajstić information content (AvgIpc) is 3.31. The summed E-state index contributed by atoms with van der Waals surface area (Å²) in [6.07, 6.45) is 6.74. The molecular weight excluding hydrogens is 384 g/mol. The minimum atomic E-state index is -0.328. The average molecular weight is 404 g/mol. The van der Waals surface area contributed by atoms with Crippen LogP contribution in [0, 0.1) is 0 Å². The molecule has 0 saturated carbocycles. The van der Waals surface area contributed by atoms with Gasteiger partial charge in [0, 0.05) is 54.4 Å². The third-order valence-electron chi connectivity index (χ3n) is 4.75. The second-order valence-corrected chi connectivity index (χ2v) is 7.14. The number of rotatable bonds is 6. The fraction of sp³-hybridized carbons (Fsp3) is 0.250. The van der Waals surface area contributed by atoms with E-state index in [1.165, 1.54) is 10.9 Å². The molecule has 0 unspecified atom stereocenters. The largest absolute Gasteiger partial charge is 0.344 e. The van der Waals surface area contributed by atoms with E-state index in [-0.39, 0.29) is 30.0 Å². The van der Waals surface area contributed by atoms with Crippen LogP contribution in [0.15, 0.2) is 43.0 Å². The standard InChI is InChI=1S/C20H20N8O2/c1-12(2)28-11-15(14-10-21-6-5-16(14)28)20(30)13-4-7-22-17(8-13)23-19(29)9-18-24-25-26-27(18)3/h4-8,10-12H,9H2,1-3H3,(H,22,23,29). The van der Waals surface area contributed by atoms with Crippen molar-refractivity contribution in [3.8, 4) is 0 Å². The quantitative estimate of drug-likeness (QED) is 0.488. The topological polar surface area (TPSA) is 120 Å². The summed E-state index contributed by atoms with van der Waals surface area (Å²) in [4.78, 5) is 33.8. The van der Waals surface area contributed by atoms with Gasteiger partial charge in [0.2, 0.25) is 5.91 Å². The fourth-order valence-electron chi connectivity index (χ4n) is 3.23. The fourth-order valence-corrected chi connectivity index (χ4v) is 3.23. The molecule has 1 amide bonds. The number of carbonyl (C=O) groups is 2. The van der Waals surface area contributed by atoms with Gasteiger partial charge in [-0.2, -0.15) is 0 Å². The lowest BCUT2D eigenvalue weighted by molar-refractivity contribution is -0.115. The van der Waals surface area contributed by atoms with Gasteiger partial charge >= 0.3 is 0 Å². The molecule has 0 bridgehead atoms. The number of aromatic nitrogens is 7. The Balaban J connectivity index is 1.60. The van der Waals surface area contributed by atoms with E-state index in [0.29, 0.717) is 17.0 Å². The second-order valence-electron chi connectivity index (χ2n) is 7.14. The molecule has 0 aliphatic rings. The van der Waals surface area contributed by atoms with Crippen LogP contribution in [0.5, 0.6) is 0 Å². The van der Waals surface area contributed by atoms with Gasteiger partial charge in [-0.15, -0.1) is 5.10 Å². The first-order valence-electron chi connectivity index (χ1n) is 9.40. The summed E-state index contributed by atoms with van der Waals surface area (Å²) in [6.45, 7) is 4.11. The molecule has 0 saturated heterocycles. The van der Waals surface area contributed by atoms with Crippen molar-refractivity contribution in [1.82, 2.24) is 34.7 Å². The Hall–Kier alpha value is -3.95.